The molecule has 5 aromatic carbocycles. The summed E-state index contributed by atoms with van der Waals surface area (Å²) in [7, 11) is 0. The number of pyridine rings is 3. The maximum atomic E-state index is 6.44. The standard InChI is InChI=1S/C39H23N3O/c1-2-6-29-22-41-35(21-28(29)5-1)26-13-9-24(10-14-26)25-11-15-27(16-12-25)38-32-18-17-31-30-7-3-4-8-36(30)43-39(31)37(32)33-23-40-20-19-34(33)42-38/h1-23H. The van der Waals surface area contributed by atoms with Crippen LogP contribution in [0.5, 0.6) is 0 Å². The van der Waals surface area contributed by atoms with Crippen LogP contribution in [0.15, 0.2) is 144 Å². The minimum Gasteiger partial charge on any atom is -0.455 e. The summed E-state index contributed by atoms with van der Waals surface area (Å²) in [6.45, 7) is 0. The SMILES string of the molecule is c1ccc2cc(-c3ccc(-c4ccc(-c5nc6ccncc6c6c5ccc5c7ccccc7oc56)cc4)cc3)ncc2c1. The topological polar surface area (TPSA) is 51.8 Å². The van der Waals surface area contributed by atoms with Crippen LogP contribution < -0.4 is 0 Å². The zero-order chi connectivity index (χ0) is 28.3. The van der Waals surface area contributed by atoms with Gasteiger partial charge in [0, 0.05) is 62.0 Å². The van der Waals surface area contributed by atoms with Gasteiger partial charge < -0.3 is 4.42 Å². The first-order valence-corrected chi connectivity index (χ1v) is 14.3. The van der Waals surface area contributed by atoms with Gasteiger partial charge in [0.1, 0.15) is 11.2 Å². The molecule has 200 valence electrons. The second kappa shape index (κ2) is 9.33. The molecular weight excluding hydrogens is 526 g/mol. The molecule has 4 nitrogen and oxygen atoms in total. The molecule has 0 atom stereocenters. The van der Waals surface area contributed by atoms with E-state index in [2.05, 4.69) is 107 Å². The van der Waals surface area contributed by atoms with Crippen molar-refractivity contribution in [3.05, 3.63) is 140 Å². The fraction of sp³-hybridized carbons (Fsp3) is 0. The Morgan fingerprint density at radius 3 is 2.05 bits per heavy atom. The van der Waals surface area contributed by atoms with E-state index < -0.39 is 0 Å². The fourth-order valence-electron chi connectivity index (χ4n) is 6.23. The molecule has 0 radical (unpaired) electrons. The quantitative estimate of drug-likeness (QED) is 0.206. The fourth-order valence-corrected chi connectivity index (χ4v) is 6.23. The summed E-state index contributed by atoms with van der Waals surface area (Å²) >= 11 is 0. The third kappa shape index (κ3) is 3.81. The predicted molar refractivity (Wildman–Crippen MR) is 176 cm³/mol. The molecule has 0 unspecified atom stereocenters. The Balaban J connectivity index is 1.13. The van der Waals surface area contributed by atoms with Gasteiger partial charge in [0.2, 0.25) is 0 Å². The maximum absolute atomic E-state index is 6.44. The molecule has 0 aliphatic carbocycles. The highest BCUT2D eigenvalue weighted by molar-refractivity contribution is 6.24. The normalized spacial score (nSPS) is 11.7. The first-order valence-electron chi connectivity index (χ1n) is 14.3. The highest BCUT2D eigenvalue weighted by atomic mass is 16.3. The van der Waals surface area contributed by atoms with E-state index in [4.69, 9.17) is 9.40 Å². The lowest BCUT2D eigenvalue weighted by molar-refractivity contribution is 0.673. The number of benzene rings is 5. The van der Waals surface area contributed by atoms with Crippen molar-refractivity contribution in [3.63, 3.8) is 0 Å². The minimum absolute atomic E-state index is 0.873. The van der Waals surface area contributed by atoms with Gasteiger partial charge in [-0.15, -0.1) is 0 Å². The number of furan rings is 1. The number of para-hydroxylation sites is 1. The van der Waals surface area contributed by atoms with Crippen LogP contribution in [0, 0.1) is 0 Å². The van der Waals surface area contributed by atoms with Crippen molar-refractivity contribution in [1.82, 2.24) is 15.0 Å². The molecule has 0 aliphatic heterocycles. The van der Waals surface area contributed by atoms with Crippen LogP contribution in [-0.4, -0.2) is 15.0 Å². The van der Waals surface area contributed by atoms with Crippen molar-refractivity contribution in [2.75, 3.05) is 0 Å². The zero-order valence-electron chi connectivity index (χ0n) is 23.0. The lowest BCUT2D eigenvalue weighted by Gasteiger charge is -2.11. The van der Waals surface area contributed by atoms with Crippen LogP contribution >= 0.6 is 0 Å². The van der Waals surface area contributed by atoms with Crippen LogP contribution in [-0.2, 0) is 0 Å². The van der Waals surface area contributed by atoms with Crippen molar-refractivity contribution in [1.29, 1.82) is 0 Å². The second-order valence-corrected chi connectivity index (χ2v) is 10.9. The Hall–Kier alpha value is -5.87. The lowest BCUT2D eigenvalue weighted by Crippen LogP contribution is -1.91. The highest BCUT2D eigenvalue weighted by Gasteiger charge is 2.17. The van der Waals surface area contributed by atoms with Crippen LogP contribution in [0.2, 0.25) is 0 Å². The van der Waals surface area contributed by atoms with Gasteiger partial charge in [-0.05, 0) is 40.8 Å². The van der Waals surface area contributed by atoms with Crippen LogP contribution in [0.4, 0.5) is 0 Å². The van der Waals surface area contributed by atoms with E-state index >= 15 is 0 Å². The maximum Gasteiger partial charge on any atom is 0.144 e. The van der Waals surface area contributed by atoms with Gasteiger partial charge in [0.05, 0.1) is 16.9 Å². The number of fused-ring (bicyclic) bond motifs is 8. The average molecular weight is 550 g/mol. The van der Waals surface area contributed by atoms with Crippen molar-refractivity contribution >= 4 is 54.4 Å². The Morgan fingerprint density at radius 2 is 1.21 bits per heavy atom. The second-order valence-electron chi connectivity index (χ2n) is 10.9. The smallest absolute Gasteiger partial charge is 0.144 e. The largest absolute Gasteiger partial charge is 0.455 e. The molecule has 0 spiro atoms. The number of aromatic nitrogens is 3. The molecule has 4 heteroatoms. The molecule has 0 fully saturated rings. The Morgan fingerprint density at radius 1 is 0.512 bits per heavy atom. The summed E-state index contributed by atoms with van der Waals surface area (Å²) in [6, 6.07) is 42.2. The van der Waals surface area contributed by atoms with E-state index in [-0.39, 0.29) is 0 Å². The molecule has 4 aromatic heterocycles. The van der Waals surface area contributed by atoms with Gasteiger partial charge in [0.15, 0.2) is 0 Å². The summed E-state index contributed by atoms with van der Waals surface area (Å²) in [5.41, 5.74) is 9.02. The summed E-state index contributed by atoms with van der Waals surface area (Å²) in [5, 5.41) is 7.64. The number of nitrogens with zero attached hydrogens (tertiary/aromatic N) is 3. The van der Waals surface area contributed by atoms with E-state index in [1.54, 1.807) is 6.20 Å². The van der Waals surface area contributed by atoms with Crippen LogP contribution in [0.3, 0.4) is 0 Å². The summed E-state index contributed by atoms with van der Waals surface area (Å²) < 4.78 is 6.44. The lowest BCUT2D eigenvalue weighted by atomic mass is 9.96. The van der Waals surface area contributed by atoms with E-state index in [0.29, 0.717) is 0 Å². The summed E-state index contributed by atoms with van der Waals surface area (Å²) in [5.74, 6) is 0. The van der Waals surface area contributed by atoms with Crippen molar-refractivity contribution in [2.45, 2.75) is 0 Å². The predicted octanol–water partition coefficient (Wildman–Crippen LogP) is 10.2. The number of rotatable bonds is 3. The van der Waals surface area contributed by atoms with Gasteiger partial charge in [-0.3, -0.25) is 9.97 Å². The number of hydrogen-bond acceptors (Lipinski definition) is 4. The monoisotopic (exact) mass is 549 g/mol. The minimum atomic E-state index is 0.873. The Labute approximate surface area is 246 Å². The molecule has 43 heavy (non-hydrogen) atoms. The molecule has 0 amide bonds. The summed E-state index contributed by atoms with van der Waals surface area (Å²) in [4.78, 5) is 14.2. The van der Waals surface area contributed by atoms with Gasteiger partial charge >= 0.3 is 0 Å². The van der Waals surface area contributed by atoms with Crippen molar-refractivity contribution < 1.29 is 4.42 Å². The van der Waals surface area contributed by atoms with Gasteiger partial charge in [-0.2, -0.15) is 0 Å². The third-order valence-electron chi connectivity index (χ3n) is 8.41. The van der Waals surface area contributed by atoms with Crippen LogP contribution in [0.25, 0.3) is 88.0 Å². The van der Waals surface area contributed by atoms with Gasteiger partial charge in [0.25, 0.3) is 0 Å². The Kier molecular flexibility index (Phi) is 5.16. The Bertz CT molecular complexity index is 2490. The van der Waals surface area contributed by atoms with Crippen LogP contribution in [0.1, 0.15) is 0 Å². The molecule has 0 saturated heterocycles. The molecule has 9 rings (SSSR count). The molecule has 0 aliphatic rings. The molecule has 0 bridgehead atoms. The van der Waals surface area contributed by atoms with Gasteiger partial charge in [-0.25, -0.2) is 4.98 Å². The van der Waals surface area contributed by atoms with E-state index in [0.717, 1.165) is 82.6 Å². The molecule has 9 aromatic rings. The first-order chi connectivity index (χ1) is 21.3. The highest BCUT2D eigenvalue weighted by Crippen LogP contribution is 2.40. The molecule has 0 saturated carbocycles. The van der Waals surface area contributed by atoms with Crippen molar-refractivity contribution in [2.24, 2.45) is 0 Å². The third-order valence-corrected chi connectivity index (χ3v) is 8.41. The molecule has 4 heterocycles. The van der Waals surface area contributed by atoms with E-state index in [9.17, 15) is 0 Å². The average Bonchev–Trinajstić information content (AvgIpc) is 3.47. The van der Waals surface area contributed by atoms with E-state index in [1.165, 1.54) is 5.39 Å². The first kappa shape index (κ1) is 23.8. The zero-order valence-corrected chi connectivity index (χ0v) is 23.0. The van der Waals surface area contributed by atoms with Gasteiger partial charge in [-0.1, -0.05) is 97.1 Å². The number of hydrogen-bond donors (Lipinski definition) is 0. The van der Waals surface area contributed by atoms with E-state index in [1.807, 2.05) is 36.7 Å². The van der Waals surface area contributed by atoms with Crippen molar-refractivity contribution in [3.8, 4) is 33.6 Å². The molecule has 0 N–H and O–H groups in total. The summed E-state index contributed by atoms with van der Waals surface area (Å²) in [6.07, 6.45) is 5.63. The molecular formula is C39H23N3O.